The van der Waals surface area contributed by atoms with Gasteiger partial charge in [0, 0.05) is 19.8 Å². The molecule has 4 heteroatoms. The van der Waals surface area contributed by atoms with Crippen LogP contribution in [0.2, 0.25) is 5.04 Å². The van der Waals surface area contributed by atoms with E-state index < -0.39 is 8.32 Å². The van der Waals surface area contributed by atoms with Gasteiger partial charge in [-0.15, -0.1) is 0 Å². The van der Waals surface area contributed by atoms with Gasteiger partial charge in [-0.2, -0.15) is 0 Å². The van der Waals surface area contributed by atoms with Crippen LogP contribution in [-0.2, 0) is 13.9 Å². The Labute approximate surface area is 239 Å². The lowest BCUT2D eigenvalue weighted by Gasteiger charge is -2.43. The van der Waals surface area contributed by atoms with Crippen molar-refractivity contribution in [2.75, 3.05) is 19.8 Å². The second-order valence-electron chi connectivity index (χ2n) is 12.7. The maximum absolute atomic E-state index is 7.16. The summed E-state index contributed by atoms with van der Waals surface area (Å²) >= 11 is 0. The van der Waals surface area contributed by atoms with Crippen molar-refractivity contribution in [1.82, 2.24) is 0 Å². The molecule has 2 aromatic carbocycles. The summed E-state index contributed by atoms with van der Waals surface area (Å²) in [7, 11) is -2.44. The highest BCUT2D eigenvalue weighted by atomic mass is 28.4. The molecule has 0 amide bonds. The maximum atomic E-state index is 7.16. The molecule has 0 bridgehead atoms. The van der Waals surface area contributed by atoms with Crippen molar-refractivity contribution in [2.45, 2.75) is 110 Å². The molecule has 0 aromatic heterocycles. The molecule has 2 unspecified atom stereocenters. The first kappa shape index (κ1) is 30.2. The molecule has 0 saturated carbocycles. The lowest BCUT2D eigenvalue weighted by molar-refractivity contribution is -0.162. The Morgan fingerprint density at radius 1 is 0.821 bits per heavy atom. The van der Waals surface area contributed by atoms with E-state index in [0.717, 1.165) is 39.1 Å². The summed E-state index contributed by atoms with van der Waals surface area (Å²) < 4.78 is 18.8. The molecule has 1 aliphatic heterocycles. The summed E-state index contributed by atoms with van der Waals surface area (Å²) in [6, 6.07) is 22.1. The Kier molecular flexibility index (Phi) is 11.5. The predicted octanol–water partition coefficient (Wildman–Crippen LogP) is 8.17. The number of benzene rings is 2. The lowest BCUT2D eigenvalue weighted by atomic mass is 9.79. The van der Waals surface area contributed by atoms with Gasteiger partial charge >= 0.3 is 0 Å². The lowest BCUT2D eigenvalue weighted by Crippen LogP contribution is -2.66. The molecule has 3 nitrogen and oxygen atoms in total. The van der Waals surface area contributed by atoms with Gasteiger partial charge in [-0.1, -0.05) is 92.6 Å². The number of rotatable bonds is 13. The molecule has 1 heterocycles. The summed E-state index contributed by atoms with van der Waals surface area (Å²) in [5, 5.41) is 2.79. The van der Waals surface area contributed by atoms with Crippen molar-refractivity contribution in [3.63, 3.8) is 0 Å². The zero-order valence-corrected chi connectivity index (χ0v) is 26.1. The van der Waals surface area contributed by atoms with Crippen LogP contribution in [0, 0.1) is 5.92 Å². The Bertz CT molecular complexity index is 966. The van der Waals surface area contributed by atoms with Crippen LogP contribution < -0.4 is 10.4 Å². The number of hydrogen-bond acceptors (Lipinski definition) is 3. The largest absolute Gasteiger partial charge is 0.407 e. The van der Waals surface area contributed by atoms with Crippen molar-refractivity contribution in [2.24, 2.45) is 5.92 Å². The first-order valence-electron chi connectivity index (χ1n) is 15.6. The fourth-order valence-corrected chi connectivity index (χ4v) is 11.4. The van der Waals surface area contributed by atoms with Crippen LogP contribution >= 0.6 is 0 Å². The van der Waals surface area contributed by atoms with Gasteiger partial charge < -0.3 is 13.9 Å². The van der Waals surface area contributed by atoms with E-state index in [1.807, 2.05) is 0 Å². The number of ether oxygens (including phenoxy) is 2. The normalized spacial score (nSPS) is 20.8. The van der Waals surface area contributed by atoms with Gasteiger partial charge in [0.25, 0.3) is 8.32 Å². The molecule has 0 radical (unpaired) electrons. The van der Waals surface area contributed by atoms with Gasteiger partial charge in [-0.3, -0.25) is 0 Å². The van der Waals surface area contributed by atoms with Crippen LogP contribution in [-0.4, -0.2) is 34.4 Å². The van der Waals surface area contributed by atoms with Crippen molar-refractivity contribution in [3.8, 4) is 0 Å². The zero-order chi connectivity index (χ0) is 27.6. The van der Waals surface area contributed by atoms with E-state index in [2.05, 4.69) is 88.4 Å². The third-order valence-electron chi connectivity index (χ3n) is 8.95. The fraction of sp³-hybridized carbons (Fsp3) is 0.600. The second kappa shape index (κ2) is 14.8. The molecule has 1 aliphatic carbocycles. The van der Waals surface area contributed by atoms with Gasteiger partial charge in [-0.05, 0) is 98.9 Å². The van der Waals surface area contributed by atoms with Crippen molar-refractivity contribution >= 4 is 18.7 Å². The van der Waals surface area contributed by atoms with Crippen LogP contribution in [0.5, 0.6) is 0 Å². The quantitative estimate of drug-likeness (QED) is 0.143. The number of hydrogen-bond donors (Lipinski definition) is 0. The monoisotopic (exact) mass is 548 g/mol. The van der Waals surface area contributed by atoms with Crippen LogP contribution in [0.4, 0.5) is 0 Å². The molecule has 0 N–H and O–H groups in total. The van der Waals surface area contributed by atoms with E-state index in [4.69, 9.17) is 13.9 Å². The third kappa shape index (κ3) is 7.94. The number of allylic oxidation sites excluding steroid dienone is 2. The zero-order valence-electron chi connectivity index (χ0n) is 25.1. The molecule has 214 valence electrons. The Morgan fingerprint density at radius 2 is 1.51 bits per heavy atom. The van der Waals surface area contributed by atoms with Gasteiger partial charge in [-0.25, -0.2) is 0 Å². The third-order valence-corrected chi connectivity index (χ3v) is 14.0. The molecule has 4 rings (SSSR count). The minimum atomic E-state index is -2.44. The van der Waals surface area contributed by atoms with Gasteiger partial charge in [0.15, 0.2) is 6.29 Å². The molecule has 1 fully saturated rings. The standard InChI is InChI=1S/C35H52O3Si/c1-29-30(17-11-13-26-36-34-25-12-14-27-37-34)18-15-19-31(29)20-16-28-38-39(35(2,3)4,32-21-7-5-8-22-32)33-23-9-6-10-24-33/h5-10,21-24,31,34H,11-20,25-28H2,1-4H3. The van der Waals surface area contributed by atoms with Crippen LogP contribution in [0.25, 0.3) is 0 Å². The highest BCUT2D eigenvalue weighted by molar-refractivity contribution is 6.99. The molecule has 1 saturated heterocycles. The highest BCUT2D eigenvalue weighted by Gasteiger charge is 2.50. The highest BCUT2D eigenvalue weighted by Crippen LogP contribution is 2.38. The molecular weight excluding hydrogens is 496 g/mol. The van der Waals surface area contributed by atoms with E-state index in [0.29, 0.717) is 5.92 Å². The summed E-state index contributed by atoms with van der Waals surface area (Å²) in [6.45, 7) is 12.0. The first-order valence-corrected chi connectivity index (χ1v) is 17.5. The van der Waals surface area contributed by atoms with Gasteiger partial charge in [0.1, 0.15) is 0 Å². The van der Waals surface area contributed by atoms with Crippen LogP contribution in [0.1, 0.15) is 98.3 Å². The Hall–Kier alpha value is -1.72. The van der Waals surface area contributed by atoms with Crippen LogP contribution in [0.15, 0.2) is 71.8 Å². The van der Waals surface area contributed by atoms with E-state index in [-0.39, 0.29) is 11.3 Å². The SMILES string of the molecule is CC1=C(CCCCOC2CCCCO2)CCCC1CCCO[Si](c1ccccc1)(c1ccccc1)C(C)(C)C. The predicted molar refractivity (Wildman–Crippen MR) is 166 cm³/mol. The first-order chi connectivity index (χ1) is 18.9. The van der Waals surface area contributed by atoms with E-state index in [1.54, 1.807) is 11.1 Å². The Balaban J connectivity index is 1.32. The smallest absolute Gasteiger partial charge is 0.261 e. The van der Waals surface area contributed by atoms with Gasteiger partial charge in [0.2, 0.25) is 0 Å². The van der Waals surface area contributed by atoms with E-state index >= 15 is 0 Å². The maximum Gasteiger partial charge on any atom is 0.261 e. The topological polar surface area (TPSA) is 27.7 Å². The van der Waals surface area contributed by atoms with Crippen LogP contribution in [0.3, 0.4) is 0 Å². The van der Waals surface area contributed by atoms with E-state index in [9.17, 15) is 0 Å². The average molecular weight is 549 g/mol. The van der Waals surface area contributed by atoms with Crippen molar-refractivity contribution in [1.29, 1.82) is 0 Å². The summed E-state index contributed by atoms with van der Waals surface area (Å²) in [5.74, 6) is 0.711. The minimum Gasteiger partial charge on any atom is -0.407 e. The van der Waals surface area contributed by atoms with Gasteiger partial charge in [0.05, 0.1) is 0 Å². The molecule has 2 atom stereocenters. The molecule has 0 spiro atoms. The summed E-state index contributed by atoms with van der Waals surface area (Å²) in [5.41, 5.74) is 3.39. The van der Waals surface area contributed by atoms with E-state index in [1.165, 1.54) is 61.7 Å². The average Bonchev–Trinajstić information content (AvgIpc) is 2.95. The fourth-order valence-electron chi connectivity index (χ4n) is 6.76. The second-order valence-corrected chi connectivity index (χ2v) is 17.0. The summed E-state index contributed by atoms with van der Waals surface area (Å²) in [6.07, 6.45) is 13.4. The molecular formula is C35H52O3Si. The molecule has 2 aliphatic rings. The van der Waals surface area contributed by atoms with Crippen molar-refractivity contribution < 1.29 is 13.9 Å². The minimum absolute atomic E-state index is 0.0381. The van der Waals surface area contributed by atoms with Crippen molar-refractivity contribution in [3.05, 3.63) is 71.8 Å². The summed E-state index contributed by atoms with van der Waals surface area (Å²) in [4.78, 5) is 0. The Morgan fingerprint density at radius 3 is 2.13 bits per heavy atom. The molecule has 2 aromatic rings. The number of unbranched alkanes of at least 4 members (excludes halogenated alkanes) is 1. The molecule has 39 heavy (non-hydrogen) atoms.